The Hall–Kier alpha value is -1.25. The van der Waals surface area contributed by atoms with Crippen LogP contribution in [0.2, 0.25) is 5.02 Å². The molecule has 9 heteroatoms. The normalized spacial score (nSPS) is 19.3. The van der Waals surface area contributed by atoms with E-state index in [-0.39, 0.29) is 39.0 Å². The number of sulfone groups is 1. The largest absolute Gasteiger partial charge is 0.465 e. The molecule has 1 N–H and O–H groups in total. The van der Waals surface area contributed by atoms with E-state index < -0.39 is 15.8 Å². The van der Waals surface area contributed by atoms with Crippen LogP contribution < -0.4 is 5.32 Å². The Morgan fingerprint density at radius 2 is 2.17 bits per heavy atom. The molecule has 1 aromatic rings. The minimum absolute atomic E-state index is 0.0402. The molecule has 6 nitrogen and oxygen atoms in total. The molecule has 1 aliphatic rings. The van der Waals surface area contributed by atoms with Crippen molar-refractivity contribution in [3.63, 3.8) is 0 Å². The van der Waals surface area contributed by atoms with E-state index in [0.717, 1.165) is 0 Å². The fourth-order valence-electron chi connectivity index (χ4n) is 2.15. The highest BCUT2D eigenvalue weighted by Gasteiger charge is 2.28. The van der Waals surface area contributed by atoms with Crippen molar-refractivity contribution in [3.05, 3.63) is 28.8 Å². The maximum absolute atomic E-state index is 11.9. The second-order valence-electron chi connectivity index (χ2n) is 5.07. The summed E-state index contributed by atoms with van der Waals surface area (Å²) in [6, 6.07) is 4.52. The van der Waals surface area contributed by atoms with E-state index >= 15 is 0 Å². The number of anilines is 1. The fourth-order valence-corrected chi connectivity index (χ4v) is 5.79. The molecule has 0 aromatic heterocycles. The van der Waals surface area contributed by atoms with Crippen molar-refractivity contribution in [2.45, 2.75) is 11.7 Å². The van der Waals surface area contributed by atoms with Crippen LogP contribution in [0.5, 0.6) is 0 Å². The summed E-state index contributed by atoms with van der Waals surface area (Å²) in [4.78, 5) is 23.5. The van der Waals surface area contributed by atoms with Crippen molar-refractivity contribution in [2.75, 3.05) is 29.7 Å². The fraction of sp³-hybridized carbons (Fsp3) is 0.429. The maximum Gasteiger partial charge on any atom is 0.339 e. The van der Waals surface area contributed by atoms with E-state index in [9.17, 15) is 18.0 Å². The second-order valence-corrected chi connectivity index (χ2v) is 9.00. The third-order valence-corrected chi connectivity index (χ3v) is 6.91. The summed E-state index contributed by atoms with van der Waals surface area (Å²) in [5.74, 6) is -0.394. The number of nitrogens with one attached hydrogen (secondary N) is 1. The number of hydrogen-bond donors (Lipinski definition) is 1. The molecular weight excluding hydrogens is 362 g/mol. The standard InChI is InChI=1S/C14H16ClNO5S2/c1-21-14(18)11-6-9(2-3-12(11)15)16-13(17)7-22-10-4-5-23(19,20)8-10/h2-3,6,10H,4-5,7-8H2,1H3,(H,16,17). The quantitative estimate of drug-likeness (QED) is 0.789. The van der Waals surface area contributed by atoms with Gasteiger partial charge >= 0.3 is 5.97 Å². The molecule has 1 saturated heterocycles. The highest BCUT2D eigenvalue weighted by atomic mass is 35.5. The molecule has 126 valence electrons. The van der Waals surface area contributed by atoms with Crippen molar-refractivity contribution < 1.29 is 22.7 Å². The Bertz CT molecular complexity index is 720. The Morgan fingerprint density at radius 1 is 1.43 bits per heavy atom. The SMILES string of the molecule is COC(=O)c1cc(NC(=O)CSC2CCS(=O)(=O)C2)ccc1Cl. The van der Waals surface area contributed by atoms with Crippen molar-refractivity contribution in [2.24, 2.45) is 0 Å². The Labute approximate surface area is 143 Å². The molecule has 0 spiro atoms. The number of amides is 1. The van der Waals surface area contributed by atoms with E-state index in [1.807, 2.05) is 0 Å². The number of rotatable bonds is 5. The molecule has 1 aliphatic heterocycles. The van der Waals surface area contributed by atoms with Gasteiger partial charge in [-0.2, -0.15) is 0 Å². The first-order chi connectivity index (χ1) is 10.8. The Balaban J connectivity index is 1.92. The third kappa shape index (κ3) is 5.12. The summed E-state index contributed by atoms with van der Waals surface area (Å²) in [5, 5.41) is 2.85. The van der Waals surface area contributed by atoms with Crippen LogP contribution in [-0.4, -0.2) is 49.9 Å². The van der Waals surface area contributed by atoms with Gasteiger partial charge in [0.2, 0.25) is 5.91 Å². The molecule has 0 saturated carbocycles. The van der Waals surface area contributed by atoms with Gasteiger partial charge in [-0.05, 0) is 24.6 Å². The van der Waals surface area contributed by atoms with E-state index in [4.69, 9.17) is 11.6 Å². The van der Waals surface area contributed by atoms with Crippen molar-refractivity contribution in [1.29, 1.82) is 0 Å². The van der Waals surface area contributed by atoms with E-state index in [2.05, 4.69) is 10.1 Å². The lowest BCUT2D eigenvalue weighted by Gasteiger charge is -2.10. The van der Waals surface area contributed by atoms with Gasteiger partial charge in [-0.25, -0.2) is 13.2 Å². The number of esters is 1. The average Bonchev–Trinajstić information content (AvgIpc) is 2.85. The van der Waals surface area contributed by atoms with Crippen LogP contribution in [-0.2, 0) is 19.4 Å². The minimum Gasteiger partial charge on any atom is -0.465 e. The van der Waals surface area contributed by atoms with Gasteiger partial charge in [0, 0.05) is 10.9 Å². The molecule has 23 heavy (non-hydrogen) atoms. The third-order valence-electron chi connectivity index (χ3n) is 3.30. The summed E-state index contributed by atoms with van der Waals surface area (Å²) < 4.78 is 27.4. The summed E-state index contributed by atoms with van der Waals surface area (Å²) in [5.41, 5.74) is 0.598. The molecule has 1 fully saturated rings. The second kappa shape index (κ2) is 7.55. The lowest BCUT2D eigenvalue weighted by atomic mass is 10.2. The summed E-state index contributed by atoms with van der Waals surface area (Å²) >= 11 is 7.23. The molecule has 1 aromatic carbocycles. The van der Waals surface area contributed by atoms with Gasteiger partial charge < -0.3 is 10.1 Å². The van der Waals surface area contributed by atoms with E-state index in [0.29, 0.717) is 12.1 Å². The molecule has 1 amide bonds. The minimum atomic E-state index is -2.94. The predicted octanol–water partition coefficient (Wildman–Crippen LogP) is 1.99. The average molecular weight is 378 g/mol. The number of methoxy groups -OCH3 is 1. The number of hydrogen-bond acceptors (Lipinski definition) is 6. The van der Waals surface area contributed by atoms with Crippen LogP contribution in [0.1, 0.15) is 16.8 Å². The molecule has 1 heterocycles. The van der Waals surface area contributed by atoms with E-state index in [1.165, 1.54) is 31.0 Å². The molecular formula is C14H16ClNO5S2. The smallest absolute Gasteiger partial charge is 0.339 e. The van der Waals surface area contributed by atoms with Crippen LogP contribution >= 0.6 is 23.4 Å². The Kier molecular flexibility index (Phi) is 5.94. The molecule has 0 aliphatic carbocycles. The molecule has 2 rings (SSSR count). The monoisotopic (exact) mass is 377 g/mol. The van der Waals surface area contributed by atoms with Gasteiger partial charge in [-0.3, -0.25) is 4.79 Å². The first-order valence-corrected chi connectivity index (χ1v) is 10.1. The van der Waals surface area contributed by atoms with Crippen LogP contribution in [0.4, 0.5) is 5.69 Å². The zero-order valence-corrected chi connectivity index (χ0v) is 14.8. The van der Waals surface area contributed by atoms with Gasteiger partial charge in [0.05, 0.1) is 35.0 Å². The highest BCUT2D eigenvalue weighted by Crippen LogP contribution is 2.25. The van der Waals surface area contributed by atoms with E-state index in [1.54, 1.807) is 6.07 Å². The lowest BCUT2D eigenvalue weighted by molar-refractivity contribution is -0.113. The zero-order chi connectivity index (χ0) is 17.0. The molecule has 1 atom stereocenters. The van der Waals surface area contributed by atoms with Gasteiger partial charge in [0.25, 0.3) is 0 Å². The van der Waals surface area contributed by atoms with Gasteiger partial charge in [-0.1, -0.05) is 11.6 Å². The topological polar surface area (TPSA) is 89.5 Å². The first-order valence-electron chi connectivity index (χ1n) is 6.80. The van der Waals surface area contributed by atoms with Crippen molar-refractivity contribution >= 4 is 50.8 Å². The first kappa shape index (κ1) is 18.1. The number of benzene rings is 1. The lowest BCUT2D eigenvalue weighted by Crippen LogP contribution is -2.17. The van der Waals surface area contributed by atoms with Crippen molar-refractivity contribution in [3.8, 4) is 0 Å². The Morgan fingerprint density at radius 3 is 2.78 bits per heavy atom. The maximum atomic E-state index is 11.9. The summed E-state index contributed by atoms with van der Waals surface area (Å²) in [6.45, 7) is 0. The van der Waals surface area contributed by atoms with Gasteiger partial charge in [0.15, 0.2) is 9.84 Å². The number of ether oxygens (including phenoxy) is 1. The number of thioether (sulfide) groups is 1. The van der Waals surface area contributed by atoms with Crippen LogP contribution in [0.3, 0.4) is 0 Å². The predicted molar refractivity (Wildman–Crippen MR) is 90.9 cm³/mol. The van der Waals surface area contributed by atoms with Crippen LogP contribution in [0.15, 0.2) is 18.2 Å². The van der Waals surface area contributed by atoms with Gasteiger partial charge in [-0.15, -0.1) is 11.8 Å². The zero-order valence-electron chi connectivity index (χ0n) is 12.4. The van der Waals surface area contributed by atoms with Crippen LogP contribution in [0, 0.1) is 0 Å². The van der Waals surface area contributed by atoms with Crippen LogP contribution in [0.25, 0.3) is 0 Å². The summed E-state index contributed by atoms with van der Waals surface area (Å²) in [6.07, 6.45) is 0.577. The number of carbonyl (C=O) groups excluding carboxylic acids is 2. The van der Waals surface area contributed by atoms with Gasteiger partial charge in [0.1, 0.15) is 0 Å². The number of carbonyl (C=O) groups is 2. The summed E-state index contributed by atoms with van der Waals surface area (Å²) in [7, 11) is -1.70. The molecule has 1 unspecified atom stereocenters. The molecule has 0 bridgehead atoms. The number of halogens is 1. The highest BCUT2D eigenvalue weighted by molar-refractivity contribution is 8.02. The van der Waals surface area contributed by atoms with Crippen molar-refractivity contribution in [1.82, 2.24) is 0 Å². The molecule has 0 radical (unpaired) electrons.